The maximum absolute atomic E-state index is 13.5. The first-order chi connectivity index (χ1) is 22.0. The number of hydrogen-bond acceptors (Lipinski definition) is 7. The molecule has 4 aromatic carbocycles. The van der Waals surface area contributed by atoms with Gasteiger partial charge < -0.3 is 25.0 Å². The standard InChI is InChI=1S/C37H39N5O3/c1-42(2)35-33-15-9-10-16-34(33)40-37(41-35)39-30-19-17-29(18-20-30)38-36(43)28-21-31(44-24-26-11-5-3-6-12-26)23-32(22-28)45-25-27-13-7-4-8-14-27/h3-16,21-23,29-30H,17-20,24-25H2,1-2H3,(H,38,43)(H,39,40,41)/t29-,30+. The number of anilines is 2. The lowest BCUT2D eigenvalue weighted by molar-refractivity contribution is 0.0925. The zero-order chi connectivity index (χ0) is 31.0. The summed E-state index contributed by atoms with van der Waals surface area (Å²) in [5, 5.41) is 7.83. The Kier molecular flexibility index (Phi) is 9.39. The fourth-order valence-electron chi connectivity index (χ4n) is 5.65. The predicted molar refractivity (Wildman–Crippen MR) is 179 cm³/mol. The third kappa shape index (κ3) is 7.89. The summed E-state index contributed by atoms with van der Waals surface area (Å²) in [5.41, 5.74) is 3.54. The lowest BCUT2D eigenvalue weighted by Crippen LogP contribution is -2.40. The van der Waals surface area contributed by atoms with Gasteiger partial charge in [0.15, 0.2) is 0 Å². The van der Waals surface area contributed by atoms with E-state index in [0.717, 1.165) is 53.5 Å². The maximum atomic E-state index is 13.5. The van der Waals surface area contributed by atoms with Crippen molar-refractivity contribution in [1.29, 1.82) is 0 Å². The number of carbonyl (C=O) groups excluding carboxylic acids is 1. The number of rotatable bonds is 11. The van der Waals surface area contributed by atoms with E-state index in [4.69, 9.17) is 19.4 Å². The summed E-state index contributed by atoms with van der Waals surface area (Å²) in [4.78, 5) is 25.1. The fraction of sp³-hybridized carbons (Fsp3) is 0.270. The van der Waals surface area contributed by atoms with Crippen molar-refractivity contribution < 1.29 is 14.3 Å². The molecule has 0 spiro atoms. The molecule has 1 aliphatic rings. The summed E-state index contributed by atoms with van der Waals surface area (Å²) < 4.78 is 12.2. The minimum atomic E-state index is -0.130. The van der Waals surface area contributed by atoms with Gasteiger partial charge in [-0.3, -0.25) is 4.79 Å². The smallest absolute Gasteiger partial charge is 0.251 e. The van der Waals surface area contributed by atoms with Crippen molar-refractivity contribution in [3.63, 3.8) is 0 Å². The van der Waals surface area contributed by atoms with Gasteiger partial charge in [-0.1, -0.05) is 72.8 Å². The van der Waals surface area contributed by atoms with E-state index < -0.39 is 0 Å². The lowest BCUT2D eigenvalue weighted by atomic mass is 9.91. The average molecular weight is 602 g/mol. The number of nitrogens with zero attached hydrogens (tertiary/aromatic N) is 3. The van der Waals surface area contributed by atoms with Crippen LogP contribution in [0.5, 0.6) is 11.5 Å². The van der Waals surface area contributed by atoms with Crippen LogP contribution in [0, 0.1) is 0 Å². The number of nitrogens with one attached hydrogen (secondary N) is 2. The van der Waals surface area contributed by atoms with E-state index in [9.17, 15) is 4.79 Å². The van der Waals surface area contributed by atoms with E-state index in [-0.39, 0.29) is 18.0 Å². The Morgan fingerprint density at radius 1 is 0.733 bits per heavy atom. The fourth-order valence-corrected chi connectivity index (χ4v) is 5.65. The number of para-hydroxylation sites is 1. The number of carbonyl (C=O) groups is 1. The molecular weight excluding hydrogens is 562 g/mol. The molecule has 0 unspecified atom stereocenters. The van der Waals surface area contributed by atoms with Gasteiger partial charge in [-0.2, -0.15) is 4.98 Å². The van der Waals surface area contributed by atoms with Gasteiger partial charge in [0.05, 0.1) is 5.52 Å². The molecule has 0 aliphatic heterocycles. The first-order valence-corrected chi connectivity index (χ1v) is 15.5. The molecule has 0 saturated heterocycles. The second-order valence-corrected chi connectivity index (χ2v) is 11.7. The molecule has 1 amide bonds. The minimum absolute atomic E-state index is 0.0768. The zero-order valence-corrected chi connectivity index (χ0v) is 25.8. The summed E-state index contributed by atoms with van der Waals surface area (Å²) >= 11 is 0. The van der Waals surface area contributed by atoms with Crippen LogP contribution < -0.4 is 25.0 Å². The van der Waals surface area contributed by atoms with Gasteiger partial charge in [0.25, 0.3) is 5.91 Å². The van der Waals surface area contributed by atoms with Crippen LogP contribution in [0.1, 0.15) is 47.2 Å². The molecule has 0 bridgehead atoms. The SMILES string of the molecule is CN(C)c1nc(N[C@H]2CC[C@@H](NC(=O)c3cc(OCc4ccccc4)cc(OCc4ccccc4)c3)CC2)nc2ccccc12. The molecule has 8 heteroatoms. The summed E-state index contributed by atoms with van der Waals surface area (Å²) in [6, 6.07) is 33.8. The summed E-state index contributed by atoms with van der Waals surface area (Å²) in [6.07, 6.45) is 3.53. The Morgan fingerprint density at radius 2 is 1.29 bits per heavy atom. The number of aromatic nitrogens is 2. The van der Waals surface area contributed by atoms with E-state index in [1.54, 1.807) is 12.1 Å². The van der Waals surface area contributed by atoms with Crippen molar-refractivity contribution in [3.05, 3.63) is 120 Å². The number of amides is 1. The highest BCUT2D eigenvalue weighted by Gasteiger charge is 2.24. The van der Waals surface area contributed by atoms with Gasteiger partial charge in [0, 0.05) is 43.2 Å². The topological polar surface area (TPSA) is 88.6 Å². The van der Waals surface area contributed by atoms with Crippen LogP contribution in [-0.2, 0) is 13.2 Å². The predicted octanol–water partition coefficient (Wildman–Crippen LogP) is 7.01. The van der Waals surface area contributed by atoms with Crippen LogP contribution in [0.4, 0.5) is 11.8 Å². The van der Waals surface area contributed by atoms with Gasteiger partial charge in [-0.05, 0) is 61.1 Å². The number of benzene rings is 4. The van der Waals surface area contributed by atoms with Crippen molar-refractivity contribution >= 4 is 28.6 Å². The molecule has 6 rings (SSSR count). The maximum Gasteiger partial charge on any atom is 0.251 e. The summed E-state index contributed by atoms with van der Waals surface area (Å²) in [5.74, 6) is 2.59. The highest BCUT2D eigenvalue weighted by atomic mass is 16.5. The average Bonchev–Trinajstić information content (AvgIpc) is 3.07. The number of ether oxygens (including phenoxy) is 2. The molecule has 0 atom stereocenters. The molecule has 230 valence electrons. The van der Waals surface area contributed by atoms with Gasteiger partial charge in [0.1, 0.15) is 30.5 Å². The lowest BCUT2D eigenvalue weighted by Gasteiger charge is -2.30. The first-order valence-electron chi connectivity index (χ1n) is 15.5. The summed E-state index contributed by atoms with van der Waals surface area (Å²) in [7, 11) is 3.99. The largest absolute Gasteiger partial charge is 0.489 e. The molecule has 45 heavy (non-hydrogen) atoms. The van der Waals surface area contributed by atoms with E-state index in [1.807, 2.05) is 110 Å². The van der Waals surface area contributed by atoms with Crippen LogP contribution in [0.15, 0.2) is 103 Å². The first kappa shape index (κ1) is 29.9. The third-order valence-corrected chi connectivity index (χ3v) is 8.04. The van der Waals surface area contributed by atoms with Gasteiger partial charge in [-0.15, -0.1) is 0 Å². The quantitative estimate of drug-likeness (QED) is 0.168. The summed E-state index contributed by atoms with van der Waals surface area (Å²) in [6.45, 7) is 0.802. The van der Waals surface area contributed by atoms with Crippen LogP contribution >= 0.6 is 0 Å². The molecule has 5 aromatic rings. The van der Waals surface area contributed by atoms with Crippen molar-refractivity contribution in [2.45, 2.75) is 51.0 Å². The van der Waals surface area contributed by atoms with E-state index in [1.165, 1.54) is 0 Å². The van der Waals surface area contributed by atoms with E-state index in [2.05, 4.69) is 10.6 Å². The van der Waals surface area contributed by atoms with Crippen molar-refractivity contribution in [2.24, 2.45) is 0 Å². The Bertz CT molecular complexity index is 1660. The second kappa shape index (κ2) is 14.1. The van der Waals surface area contributed by atoms with Gasteiger partial charge in [-0.25, -0.2) is 4.98 Å². The molecule has 1 saturated carbocycles. The third-order valence-electron chi connectivity index (χ3n) is 8.04. The Labute approximate surface area is 264 Å². The van der Waals surface area contributed by atoms with Crippen molar-refractivity contribution in [2.75, 3.05) is 24.3 Å². The van der Waals surface area contributed by atoms with Gasteiger partial charge in [0.2, 0.25) is 5.95 Å². The molecule has 1 fully saturated rings. The number of hydrogen-bond donors (Lipinski definition) is 2. The molecule has 1 heterocycles. The molecule has 1 aromatic heterocycles. The van der Waals surface area contributed by atoms with Crippen molar-refractivity contribution in [3.8, 4) is 11.5 Å². The molecule has 1 aliphatic carbocycles. The van der Waals surface area contributed by atoms with Crippen molar-refractivity contribution in [1.82, 2.24) is 15.3 Å². The van der Waals surface area contributed by atoms with Crippen LogP contribution in [0.3, 0.4) is 0 Å². The second-order valence-electron chi connectivity index (χ2n) is 11.7. The molecule has 8 nitrogen and oxygen atoms in total. The molecule has 2 N–H and O–H groups in total. The normalized spacial score (nSPS) is 16.1. The molecular formula is C37H39N5O3. The van der Waals surface area contributed by atoms with Gasteiger partial charge >= 0.3 is 0 Å². The highest BCUT2D eigenvalue weighted by molar-refractivity contribution is 5.95. The van der Waals surface area contributed by atoms with E-state index >= 15 is 0 Å². The van der Waals surface area contributed by atoms with Crippen LogP contribution in [0.2, 0.25) is 0 Å². The Hall–Kier alpha value is -5.11. The van der Waals surface area contributed by atoms with Crippen LogP contribution in [0.25, 0.3) is 10.9 Å². The Balaban J connectivity index is 1.09. The zero-order valence-electron chi connectivity index (χ0n) is 25.8. The van der Waals surface area contributed by atoms with Crippen LogP contribution in [-0.4, -0.2) is 42.1 Å². The van der Waals surface area contributed by atoms with E-state index in [0.29, 0.717) is 36.2 Å². The Morgan fingerprint density at radius 3 is 1.89 bits per heavy atom. The number of fused-ring (bicyclic) bond motifs is 1. The monoisotopic (exact) mass is 601 g/mol. The minimum Gasteiger partial charge on any atom is -0.489 e. The molecule has 0 radical (unpaired) electrons. The highest BCUT2D eigenvalue weighted by Crippen LogP contribution is 2.28.